The minimum absolute atomic E-state index is 0.00122. The molecule has 0 N–H and O–H groups in total. The summed E-state index contributed by atoms with van der Waals surface area (Å²) < 4.78 is 0. The van der Waals surface area contributed by atoms with E-state index in [0.29, 0.717) is 5.92 Å². The van der Waals surface area contributed by atoms with Crippen LogP contribution in [-0.4, -0.2) is 54.2 Å². The number of rotatable bonds is 4. The van der Waals surface area contributed by atoms with Gasteiger partial charge in [-0.1, -0.05) is 37.2 Å². The van der Waals surface area contributed by atoms with Crippen molar-refractivity contribution < 1.29 is 0 Å². The van der Waals surface area contributed by atoms with Crippen LogP contribution in [0.4, 0.5) is 0 Å². The minimum atomic E-state index is -0.00122. The molecule has 0 spiro atoms. The first-order valence-corrected chi connectivity index (χ1v) is 12.9. The SMILES string of the molecule is C=C(c1cccc(S(=C)C)c1)C1CCCN(C2=NC(C3=CCC=NC=C3)=CC(=C)N2C)C1. The Balaban J connectivity index is 1.56. The number of hydrogen-bond donors (Lipinski definition) is 0. The van der Waals surface area contributed by atoms with E-state index >= 15 is 0 Å². The Labute approximate surface area is 194 Å². The van der Waals surface area contributed by atoms with Gasteiger partial charge in [0.15, 0.2) is 0 Å². The fourth-order valence-corrected chi connectivity index (χ4v) is 4.94. The van der Waals surface area contributed by atoms with Crippen molar-refractivity contribution in [2.24, 2.45) is 15.9 Å². The molecule has 0 amide bonds. The van der Waals surface area contributed by atoms with E-state index in [1.807, 2.05) is 25.5 Å². The molecule has 1 fully saturated rings. The first-order valence-electron chi connectivity index (χ1n) is 11.1. The van der Waals surface area contributed by atoms with Crippen molar-refractivity contribution in [2.75, 3.05) is 26.4 Å². The van der Waals surface area contributed by atoms with Gasteiger partial charge in [0.2, 0.25) is 5.96 Å². The number of likely N-dealkylation sites (N-methyl/N-ethyl adjacent to an activating group) is 1. The van der Waals surface area contributed by atoms with E-state index in [4.69, 9.17) is 4.99 Å². The van der Waals surface area contributed by atoms with Gasteiger partial charge in [-0.3, -0.25) is 4.99 Å². The molecular formula is C27H32N4S. The molecule has 3 aliphatic rings. The zero-order valence-corrected chi connectivity index (χ0v) is 19.9. The van der Waals surface area contributed by atoms with E-state index in [9.17, 15) is 0 Å². The zero-order chi connectivity index (χ0) is 22.7. The van der Waals surface area contributed by atoms with Crippen molar-refractivity contribution in [2.45, 2.75) is 24.2 Å². The monoisotopic (exact) mass is 444 g/mol. The summed E-state index contributed by atoms with van der Waals surface area (Å²) in [7, 11) is 2.05. The second kappa shape index (κ2) is 9.70. The Morgan fingerprint density at radius 1 is 1.28 bits per heavy atom. The highest BCUT2D eigenvalue weighted by Gasteiger charge is 2.29. The van der Waals surface area contributed by atoms with Crippen molar-refractivity contribution in [3.8, 4) is 0 Å². The number of piperidine rings is 1. The molecule has 1 aromatic carbocycles. The highest BCUT2D eigenvalue weighted by molar-refractivity contribution is 8.13. The fraction of sp³-hybridized carbons (Fsp3) is 0.296. The van der Waals surface area contributed by atoms with Gasteiger partial charge in [0, 0.05) is 55.5 Å². The van der Waals surface area contributed by atoms with Crippen molar-refractivity contribution in [1.29, 1.82) is 0 Å². The molecule has 32 heavy (non-hydrogen) atoms. The number of likely N-dealkylation sites (tertiary alicyclic amines) is 1. The van der Waals surface area contributed by atoms with E-state index in [1.54, 1.807) is 0 Å². The maximum absolute atomic E-state index is 5.06. The van der Waals surface area contributed by atoms with Gasteiger partial charge in [-0.2, -0.15) is 10.5 Å². The highest BCUT2D eigenvalue weighted by Crippen LogP contribution is 2.33. The maximum Gasteiger partial charge on any atom is 0.206 e. The normalized spacial score (nSPS) is 22.1. The number of hydrogen-bond acceptors (Lipinski definition) is 4. The van der Waals surface area contributed by atoms with Gasteiger partial charge in [0.1, 0.15) is 0 Å². The molecule has 1 aromatic rings. The molecule has 166 valence electrons. The van der Waals surface area contributed by atoms with Crippen molar-refractivity contribution >= 4 is 34.1 Å². The average Bonchev–Trinajstić information content (AvgIpc) is 3.10. The van der Waals surface area contributed by atoms with Crippen molar-refractivity contribution in [3.63, 3.8) is 0 Å². The van der Waals surface area contributed by atoms with Gasteiger partial charge >= 0.3 is 0 Å². The zero-order valence-electron chi connectivity index (χ0n) is 19.1. The van der Waals surface area contributed by atoms with Crippen LogP contribution in [0.5, 0.6) is 0 Å². The molecule has 0 aromatic heterocycles. The molecule has 5 heteroatoms. The fourth-order valence-electron chi connectivity index (χ4n) is 4.30. The van der Waals surface area contributed by atoms with Crippen molar-refractivity contribution in [3.05, 3.63) is 84.4 Å². The van der Waals surface area contributed by atoms with E-state index in [2.05, 4.69) is 76.5 Å². The Bertz CT molecular complexity index is 1100. The van der Waals surface area contributed by atoms with Crippen LogP contribution in [0.2, 0.25) is 0 Å². The summed E-state index contributed by atoms with van der Waals surface area (Å²) in [6, 6.07) is 8.73. The lowest BCUT2D eigenvalue weighted by Crippen LogP contribution is -2.47. The molecule has 4 nitrogen and oxygen atoms in total. The van der Waals surface area contributed by atoms with E-state index in [1.165, 1.54) is 16.0 Å². The molecule has 0 bridgehead atoms. The van der Waals surface area contributed by atoms with Crippen LogP contribution >= 0.6 is 10.5 Å². The molecule has 0 aliphatic carbocycles. The van der Waals surface area contributed by atoms with E-state index in [0.717, 1.165) is 55.3 Å². The molecule has 3 aliphatic heterocycles. The summed E-state index contributed by atoms with van der Waals surface area (Å²) in [6.07, 6.45) is 15.2. The largest absolute Gasteiger partial charge is 0.342 e. The Kier molecular flexibility index (Phi) is 6.75. The minimum Gasteiger partial charge on any atom is -0.342 e. The first-order chi connectivity index (χ1) is 15.4. The number of benzene rings is 1. The Morgan fingerprint density at radius 2 is 2.12 bits per heavy atom. The lowest BCUT2D eigenvalue weighted by molar-refractivity contribution is 0.275. The average molecular weight is 445 g/mol. The molecule has 0 radical (unpaired) electrons. The van der Waals surface area contributed by atoms with Crippen LogP contribution < -0.4 is 0 Å². The second-order valence-corrected chi connectivity index (χ2v) is 10.3. The molecule has 4 rings (SSSR count). The molecular weight excluding hydrogens is 412 g/mol. The summed E-state index contributed by atoms with van der Waals surface area (Å²) in [5, 5.41) is 0. The molecule has 2 atom stereocenters. The molecule has 3 heterocycles. The number of nitrogens with zero attached hydrogens (tertiary/aromatic N) is 4. The van der Waals surface area contributed by atoms with Crippen LogP contribution in [-0.2, 0) is 0 Å². The second-order valence-electron chi connectivity index (χ2n) is 8.51. The maximum atomic E-state index is 5.06. The quantitative estimate of drug-likeness (QED) is 0.557. The summed E-state index contributed by atoms with van der Waals surface area (Å²) in [5.74, 6) is 5.56. The van der Waals surface area contributed by atoms with Gasteiger partial charge in [0.25, 0.3) is 0 Å². The van der Waals surface area contributed by atoms with Gasteiger partial charge in [-0.25, -0.2) is 4.99 Å². The lowest BCUT2D eigenvalue weighted by Gasteiger charge is -2.40. The van der Waals surface area contributed by atoms with Crippen molar-refractivity contribution in [1.82, 2.24) is 9.80 Å². The molecule has 2 unspecified atom stereocenters. The van der Waals surface area contributed by atoms with Crippen LogP contribution in [0, 0.1) is 5.92 Å². The summed E-state index contributed by atoms with van der Waals surface area (Å²) in [6.45, 7) is 10.7. The van der Waals surface area contributed by atoms with Gasteiger partial charge in [-0.05, 0) is 60.1 Å². The third-order valence-electron chi connectivity index (χ3n) is 6.24. The lowest BCUT2D eigenvalue weighted by atomic mass is 9.87. The topological polar surface area (TPSA) is 31.2 Å². The Morgan fingerprint density at radius 3 is 2.94 bits per heavy atom. The van der Waals surface area contributed by atoms with Gasteiger partial charge in [0.05, 0.1) is 5.70 Å². The van der Waals surface area contributed by atoms with E-state index in [-0.39, 0.29) is 10.5 Å². The standard InChI is InChI=1S/C27H32N4S/c1-20-17-26(22-10-7-14-28-15-13-22)29-27(30(20)3)31-16-8-11-24(19-31)21(2)23-9-6-12-25(18-23)32(4)5/h6,9-10,12-15,17-18,24H,1-2,4,7-8,11,16,19H2,3,5H3. The highest BCUT2D eigenvalue weighted by atomic mass is 32.2. The van der Waals surface area contributed by atoms with Gasteiger partial charge in [-0.15, -0.1) is 0 Å². The molecule has 1 saturated heterocycles. The number of aliphatic imine (C=N–C) groups is 2. The van der Waals surface area contributed by atoms with E-state index < -0.39 is 0 Å². The molecule has 0 saturated carbocycles. The number of allylic oxidation sites excluding steroid dienone is 3. The predicted molar refractivity (Wildman–Crippen MR) is 141 cm³/mol. The summed E-state index contributed by atoms with van der Waals surface area (Å²) in [5.41, 5.74) is 5.43. The van der Waals surface area contributed by atoms with Crippen LogP contribution in [0.1, 0.15) is 24.8 Å². The summed E-state index contributed by atoms with van der Waals surface area (Å²) in [4.78, 5) is 15.1. The predicted octanol–water partition coefficient (Wildman–Crippen LogP) is 5.72. The Hall–Kier alpha value is -2.92. The van der Waals surface area contributed by atoms with Crippen LogP contribution in [0.25, 0.3) is 5.57 Å². The third-order valence-corrected chi connectivity index (χ3v) is 7.30. The van der Waals surface area contributed by atoms with Gasteiger partial charge < -0.3 is 9.80 Å². The smallest absolute Gasteiger partial charge is 0.206 e. The first kappa shape index (κ1) is 22.3. The number of guanidine groups is 1. The summed E-state index contributed by atoms with van der Waals surface area (Å²) >= 11 is 0. The van der Waals surface area contributed by atoms with Crippen LogP contribution in [0.3, 0.4) is 0 Å². The third kappa shape index (κ3) is 4.78. The van der Waals surface area contributed by atoms with Crippen LogP contribution in [0.15, 0.2) is 93.7 Å².